The summed E-state index contributed by atoms with van der Waals surface area (Å²) in [6.45, 7) is 3.97. The summed E-state index contributed by atoms with van der Waals surface area (Å²) in [4.78, 5) is 69.2. The zero-order chi connectivity index (χ0) is 30.1. The Balaban J connectivity index is 1.55. The molecule has 0 fully saturated rings. The molecule has 1 aromatic carbocycles. The van der Waals surface area contributed by atoms with Crippen molar-refractivity contribution in [2.24, 2.45) is 5.92 Å². The summed E-state index contributed by atoms with van der Waals surface area (Å²) in [6, 6.07) is 11.9. The average Bonchev–Trinajstić information content (AvgIpc) is 3.46. The van der Waals surface area contributed by atoms with Crippen LogP contribution in [0.5, 0.6) is 0 Å². The van der Waals surface area contributed by atoms with Crippen LogP contribution in [0.15, 0.2) is 64.9 Å². The normalized spacial score (nSPS) is 20.4. The summed E-state index contributed by atoms with van der Waals surface area (Å²) in [5.41, 5.74) is 0.746. The number of rotatable bonds is 6. The highest BCUT2D eigenvalue weighted by atomic mass is 32.1. The smallest absolute Gasteiger partial charge is 0.271 e. The van der Waals surface area contributed by atoms with Crippen LogP contribution in [0.1, 0.15) is 60.2 Å². The molecule has 0 spiro atoms. The van der Waals surface area contributed by atoms with E-state index in [9.17, 15) is 24.0 Å². The Hall–Kier alpha value is -4.32. The Morgan fingerprint density at radius 1 is 1.02 bits per heavy atom. The number of hydrogen-bond donors (Lipinski definition) is 4. The lowest BCUT2D eigenvalue weighted by Crippen LogP contribution is -2.50. The van der Waals surface area contributed by atoms with Crippen LogP contribution in [-0.2, 0) is 27.3 Å². The van der Waals surface area contributed by atoms with Crippen molar-refractivity contribution in [2.75, 3.05) is 6.54 Å². The highest BCUT2D eigenvalue weighted by molar-refractivity contribution is 7.09. The number of fused-ring (bicyclic) bond motifs is 2. The second-order valence-corrected chi connectivity index (χ2v) is 11.5. The maximum atomic E-state index is 13.5. The van der Waals surface area contributed by atoms with E-state index in [-0.39, 0.29) is 35.5 Å². The number of nitrogens with zero attached hydrogens (tertiary/aromatic N) is 2. The minimum atomic E-state index is -0.865. The first-order chi connectivity index (χ1) is 20.2. The fourth-order valence-electron chi connectivity index (χ4n) is 4.66. The van der Waals surface area contributed by atoms with Crippen molar-refractivity contribution in [3.05, 3.63) is 86.7 Å². The minimum Gasteiger partial charge on any atom is -0.354 e. The molecule has 42 heavy (non-hydrogen) atoms. The molecule has 2 bridgehead atoms. The number of benzene rings is 1. The number of carbonyl (C=O) groups excluding carboxylic acids is 4. The maximum Gasteiger partial charge on any atom is 0.271 e. The molecule has 0 aliphatic carbocycles. The van der Waals surface area contributed by atoms with Gasteiger partial charge in [-0.2, -0.15) is 0 Å². The lowest BCUT2D eigenvalue weighted by atomic mass is 10.0. The Bertz CT molecular complexity index is 1450. The van der Waals surface area contributed by atoms with Crippen molar-refractivity contribution in [3.63, 3.8) is 0 Å². The van der Waals surface area contributed by atoms with Crippen molar-refractivity contribution >= 4 is 35.0 Å². The molecular weight excluding hydrogens is 556 g/mol. The molecule has 3 aromatic rings. The van der Waals surface area contributed by atoms with Crippen LogP contribution in [-0.4, -0.2) is 51.8 Å². The van der Waals surface area contributed by atoms with Crippen molar-refractivity contribution in [2.45, 2.75) is 64.2 Å². The first kappa shape index (κ1) is 30.6. The van der Waals surface area contributed by atoms with E-state index in [4.69, 9.17) is 0 Å². The Labute approximate surface area is 248 Å². The predicted octanol–water partition coefficient (Wildman–Crippen LogP) is 1.94. The second-order valence-electron chi connectivity index (χ2n) is 10.6. The van der Waals surface area contributed by atoms with Crippen LogP contribution >= 0.6 is 11.3 Å². The van der Waals surface area contributed by atoms with Gasteiger partial charge in [0, 0.05) is 30.6 Å². The van der Waals surface area contributed by atoms with Gasteiger partial charge >= 0.3 is 0 Å². The summed E-state index contributed by atoms with van der Waals surface area (Å²) in [5.74, 6) is -1.71. The van der Waals surface area contributed by atoms with Crippen molar-refractivity contribution < 1.29 is 19.2 Å². The van der Waals surface area contributed by atoms with Crippen molar-refractivity contribution in [3.8, 4) is 0 Å². The van der Waals surface area contributed by atoms with Crippen molar-refractivity contribution in [1.82, 2.24) is 30.8 Å². The van der Waals surface area contributed by atoms with E-state index in [1.807, 2.05) is 44.2 Å². The van der Waals surface area contributed by atoms with E-state index in [2.05, 4.69) is 26.3 Å². The molecule has 4 rings (SSSR count). The van der Waals surface area contributed by atoms with Gasteiger partial charge in [-0.15, -0.1) is 11.3 Å². The van der Waals surface area contributed by atoms with Gasteiger partial charge in [0.25, 0.3) is 11.5 Å². The van der Waals surface area contributed by atoms with Crippen LogP contribution < -0.4 is 26.8 Å². The van der Waals surface area contributed by atoms with E-state index >= 15 is 0 Å². The Morgan fingerprint density at radius 2 is 1.79 bits per heavy atom. The van der Waals surface area contributed by atoms with E-state index < -0.39 is 29.9 Å². The predicted molar refractivity (Wildman–Crippen MR) is 159 cm³/mol. The van der Waals surface area contributed by atoms with Gasteiger partial charge in [-0.25, -0.2) is 4.98 Å². The lowest BCUT2D eigenvalue weighted by molar-refractivity contribution is -0.130. The molecule has 0 radical (unpaired) electrons. The van der Waals surface area contributed by atoms with Crippen molar-refractivity contribution in [1.29, 1.82) is 0 Å². The number of thiazole rings is 1. The van der Waals surface area contributed by atoms with E-state index in [1.54, 1.807) is 17.5 Å². The van der Waals surface area contributed by atoms with Gasteiger partial charge < -0.3 is 25.8 Å². The topological polar surface area (TPSA) is 151 Å². The summed E-state index contributed by atoms with van der Waals surface area (Å²) in [6.07, 6.45) is 3.25. The monoisotopic (exact) mass is 592 g/mol. The van der Waals surface area contributed by atoms with Gasteiger partial charge in [0.1, 0.15) is 29.3 Å². The zero-order valence-electron chi connectivity index (χ0n) is 23.7. The number of amides is 4. The summed E-state index contributed by atoms with van der Waals surface area (Å²) < 4.78 is 1.27. The van der Waals surface area contributed by atoms with Crippen LogP contribution in [0.4, 0.5) is 0 Å². The molecule has 11 nitrogen and oxygen atoms in total. The molecule has 2 aromatic heterocycles. The molecule has 0 unspecified atom stereocenters. The lowest BCUT2D eigenvalue weighted by Gasteiger charge is -2.25. The molecule has 3 atom stereocenters. The first-order valence-electron chi connectivity index (χ1n) is 14.0. The van der Waals surface area contributed by atoms with E-state index in [0.29, 0.717) is 37.2 Å². The molecule has 222 valence electrons. The van der Waals surface area contributed by atoms with Crippen LogP contribution in [0, 0.1) is 5.92 Å². The minimum absolute atomic E-state index is 0.0641. The standard InChI is InChI=1S/C30H36N6O5S/c1-19(2)26-30-34-23(18-42-30)29(41)33-22(16-20-10-4-3-5-11-20)27(39)31-14-8-6-12-21(28(40)35-26)32-24(37)17-36-15-9-7-13-25(36)38/h3-5,7,9-11,13,15,18-19,21-22,26H,6,8,12,14,16-17H2,1-2H3,(H,31,39)(H,32,37)(H,33,41)(H,35,40)/t21-,22+,26+/m0/s1. The summed E-state index contributed by atoms with van der Waals surface area (Å²) in [5, 5.41) is 13.7. The quantitative estimate of drug-likeness (QED) is 0.344. The number of hydrogen-bond acceptors (Lipinski definition) is 7. The molecule has 0 saturated carbocycles. The third kappa shape index (κ3) is 8.35. The van der Waals surface area contributed by atoms with Gasteiger partial charge in [-0.1, -0.05) is 50.2 Å². The SMILES string of the molecule is CC(C)[C@H]1NC(=O)[C@@H](NC(=O)Cn2ccccc2=O)CCCCNC(=O)[C@@H](Cc2ccccc2)NC(=O)c2csc1n2. The highest BCUT2D eigenvalue weighted by Crippen LogP contribution is 2.25. The van der Waals surface area contributed by atoms with Crippen LogP contribution in [0.25, 0.3) is 0 Å². The Kier molecular flexibility index (Phi) is 10.6. The fourth-order valence-corrected chi connectivity index (χ4v) is 5.68. The molecule has 1 aliphatic heterocycles. The average molecular weight is 593 g/mol. The molecule has 3 heterocycles. The van der Waals surface area contributed by atoms with Gasteiger partial charge in [0.15, 0.2) is 0 Å². The third-order valence-electron chi connectivity index (χ3n) is 6.97. The first-order valence-corrected chi connectivity index (χ1v) is 14.9. The number of pyridine rings is 1. The highest BCUT2D eigenvalue weighted by Gasteiger charge is 2.29. The third-order valence-corrected chi connectivity index (χ3v) is 7.90. The van der Waals surface area contributed by atoms with Gasteiger partial charge in [0.05, 0.1) is 6.04 Å². The van der Waals surface area contributed by atoms with Gasteiger partial charge in [0.2, 0.25) is 17.7 Å². The van der Waals surface area contributed by atoms with E-state index in [0.717, 1.165) is 5.56 Å². The molecule has 12 heteroatoms. The largest absolute Gasteiger partial charge is 0.354 e. The maximum absolute atomic E-state index is 13.5. The Morgan fingerprint density at radius 3 is 2.52 bits per heavy atom. The molecular formula is C30H36N6O5S. The summed E-state index contributed by atoms with van der Waals surface area (Å²) >= 11 is 1.24. The molecule has 0 saturated heterocycles. The molecule has 4 N–H and O–H groups in total. The van der Waals surface area contributed by atoms with E-state index in [1.165, 1.54) is 28.2 Å². The van der Waals surface area contributed by atoms with Crippen LogP contribution in [0.2, 0.25) is 0 Å². The van der Waals surface area contributed by atoms with Gasteiger partial charge in [-0.3, -0.25) is 24.0 Å². The van der Waals surface area contributed by atoms with Crippen LogP contribution in [0.3, 0.4) is 0 Å². The summed E-state index contributed by atoms with van der Waals surface area (Å²) in [7, 11) is 0. The second kappa shape index (κ2) is 14.5. The fraction of sp³-hybridized carbons (Fsp3) is 0.400. The van der Waals surface area contributed by atoms with Gasteiger partial charge in [-0.05, 0) is 36.8 Å². The zero-order valence-corrected chi connectivity index (χ0v) is 24.5. The number of carbonyl (C=O) groups is 4. The number of aromatic nitrogens is 2. The molecule has 4 amide bonds. The molecule has 1 aliphatic rings. The number of nitrogens with one attached hydrogen (secondary N) is 4.